The Labute approximate surface area is 187 Å². The van der Waals surface area contributed by atoms with Gasteiger partial charge in [0.25, 0.3) is 11.8 Å². The standard InChI is InChI=1S/C25H28FN3O3/c1-16-4-2-3-5-21(16)25(32)29-14-12-17(13-15-29)22(24(31)27-20-10-11-20)28-23(30)18-6-8-19(26)9-7-18/h2-9,17,20,22H,10-15H2,1H3,(H,27,31)(H,28,30). The van der Waals surface area contributed by atoms with Gasteiger partial charge < -0.3 is 15.5 Å². The lowest BCUT2D eigenvalue weighted by molar-refractivity contribution is -0.124. The summed E-state index contributed by atoms with van der Waals surface area (Å²) in [5, 5.41) is 5.85. The van der Waals surface area contributed by atoms with Crippen molar-refractivity contribution in [2.45, 2.75) is 44.7 Å². The largest absolute Gasteiger partial charge is 0.352 e. The third-order valence-electron chi connectivity index (χ3n) is 6.27. The lowest BCUT2D eigenvalue weighted by atomic mass is 9.88. The van der Waals surface area contributed by atoms with E-state index < -0.39 is 17.8 Å². The van der Waals surface area contributed by atoms with E-state index in [0.29, 0.717) is 37.1 Å². The molecule has 0 aromatic heterocycles. The number of rotatable bonds is 6. The molecular formula is C25H28FN3O3. The molecule has 6 nitrogen and oxygen atoms in total. The van der Waals surface area contributed by atoms with Crippen LogP contribution in [-0.4, -0.2) is 47.8 Å². The molecule has 2 N–H and O–H groups in total. The van der Waals surface area contributed by atoms with Crippen molar-refractivity contribution in [1.82, 2.24) is 15.5 Å². The van der Waals surface area contributed by atoms with Crippen LogP contribution in [0.4, 0.5) is 4.39 Å². The van der Waals surface area contributed by atoms with Gasteiger partial charge in [-0.3, -0.25) is 14.4 Å². The molecule has 168 valence electrons. The summed E-state index contributed by atoms with van der Waals surface area (Å²) >= 11 is 0. The van der Waals surface area contributed by atoms with Gasteiger partial charge in [-0.2, -0.15) is 0 Å². The molecule has 1 aliphatic carbocycles. The summed E-state index contributed by atoms with van der Waals surface area (Å²) in [6.07, 6.45) is 3.13. The van der Waals surface area contributed by atoms with Crippen LogP contribution in [0.5, 0.6) is 0 Å². The number of benzene rings is 2. The number of piperidine rings is 1. The van der Waals surface area contributed by atoms with Crippen molar-refractivity contribution in [1.29, 1.82) is 0 Å². The number of carbonyl (C=O) groups excluding carboxylic acids is 3. The molecule has 3 amide bonds. The van der Waals surface area contributed by atoms with E-state index in [1.807, 2.05) is 36.1 Å². The number of amides is 3. The van der Waals surface area contributed by atoms with E-state index in [4.69, 9.17) is 0 Å². The summed E-state index contributed by atoms with van der Waals surface area (Å²) in [4.78, 5) is 40.4. The number of nitrogens with zero attached hydrogens (tertiary/aromatic N) is 1. The fourth-order valence-corrected chi connectivity index (χ4v) is 4.16. The van der Waals surface area contributed by atoms with E-state index in [9.17, 15) is 18.8 Å². The molecule has 2 fully saturated rings. The summed E-state index contributed by atoms with van der Waals surface area (Å²) in [6, 6.07) is 12.3. The average Bonchev–Trinajstić information content (AvgIpc) is 3.62. The van der Waals surface area contributed by atoms with Crippen molar-refractivity contribution in [2.24, 2.45) is 5.92 Å². The van der Waals surface area contributed by atoms with E-state index in [1.54, 1.807) is 0 Å². The molecule has 2 aromatic carbocycles. The molecule has 2 aromatic rings. The second kappa shape index (κ2) is 9.51. The van der Waals surface area contributed by atoms with Gasteiger partial charge in [0.15, 0.2) is 0 Å². The summed E-state index contributed by atoms with van der Waals surface area (Å²) < 4.78 is 13.2. The van der Waals surface area contributed by atoms with Gasteiger partial charge in [-0.15, -0.1) is 0 Å². The Kier molecular flexibility index (Phi) is 6.53. The van der Waals surface area contributed by atoms with E-state index in [0.717, 1.165) is 18.4 Å². The van der Waals surface area contributed by atoms with Gasteiger partial charge in [-0.1, -0.05) is 18.2 Å². The zero-order valence-electron chi connectivity index (χ0n) is 18.1. The van der Waals surface area contributed by atoms with Crippen LogP contribution in [0.3, 0.4) is 0 Å². The van der Waals surface area contributed by atoms with Crippen LogP contribution >= 0.6 is 0 Å². The van der Waals surface area contributed by atoms with Gasteiger partial charge >= 0.3 is 0 Å². The molecule has 1 unspecified atom stereocenters. The van der Waals surface area contributed by atoms with Crippen LogP contribution < -0.4 is 10.6 Å². The highest BCUT2D eigenvalue weighted by Crippen LogP contribution is 2.25. The molecule has 4 rings (SSSR count). The monoisotopic (exact) mass is 437 g/mol. The van der Waals surface area contributed by atoms with Crippen LogP contribution in [0.2, 0.25) is 0 Å². The number of carbonyl (C=O) groups is 3. The number of likely N-dealkylation sites (tertiary alicyclic amines) is 1. The lowest BCUT2D eigenvalue weighted by Crippen LogP contribution is -2.54. The Hall–Kier alpha value is -3.22. The summed E-state index contributed by atoms with van der Waals surface area (Å²) in [6.45, 7) is 2.97. The molecule has 7 heteroatoms. The molecule has 1 atom stereocenters. The third-order valence-corrected chi connectivity index (χ3v) is 6.27. The second-order valence-corrected chi connectivity index (χ2v) is 8.69. The maximum absolute atomic E-state index is 13.2. The predicted molar refractivity (Wildman–Crippen MR) is 119 cm³/mol. The van der Waals surface area contributed by atoms with Gasteiger partial charge in [0.1, 0.15) is 11.9 Å². The first kappa shape index (κ1) is 22.0. The zero-order chi connectivity index (χ0) is 22.7. The maximum atomic E-state index is 13.2. The van der Waals surface area contributed by atoms with Gasteiger partial charge in [0.2, 0.25) is 5.91 Å². The number of hydrogen-bond acceptors (Lipinski definition) is 3. The smallest absolute Gasteiger partial charge is 0.254 e. The van der Waals surface area contributed by atoms with Crippen molar-refractivity contribution in [3.05, 3.63) is 71.0 Å². The molecule has 0 radical (unpaired) electrons. The third kappa shape index (κ3) is 5.15. The van der Waals surface area contributed by atoms with Crippen molar-refractivity contribution < 1.29 is 18.8 Å². The van der Waals surface area contributed by atoms with Crippen LogP contribution in [-0.2, 0) is 4.79 Å². The minimum Gasteiger partial charge on any atom is -0.352 e. The van der Waals surface area contributed by atoms with Crippen LogP contribution in [0.15, 0.2) is 48.5 Å². The zero-order valence-corrected chi connectivity index (χ0v) is 18.1. The van der Waals surface area contributed by atoms with Crippen LogP contribution in [0.1, 0.15) is 52.0 Å². The molecule has 1 saturated carbocycles. The number of hydrogen-bond donors (Lipinski definition) is 2. The highest BCUT2D eigenvalue weighted by molar-refractivity contribution is 5.98. The van der Waals surface area contributed by atoms with Gasteiger partial charge in [0, 0.05) is 30.3 Å². The Morgan fingerprint density at radius 1 is 0.969 bits per heavy atom. The molecule has 1 aliphatic heterocycles. The fourth-order valence-electron chi connectivity index (χ4n) is 4.16. The van der Waals surface area contributed by atoms with Crippen molar-refractivity contribution in [3.8, 4) is 0 Å². The van der Waals surface area contributed by atoms with Crippen LogP contribution in [0, 0.1) is 18.7 Å². The summed E-state index contributed by atoms with van der Waals surface area (Å²) in [7, 11) is 0. The minimum absolute atomic E-state index is 0.00382. The first-order chi connectivity index (χ1) is 15.4. The Morgan fingerprint density at radius 2 is 1.62 bits per heavy atom. The SMILES string of the molecule is Cc1ccccc1C(=O)N1CCC(C(NC(=O)c2ccc(F)cc2)C(=O)NC2CC2)CC1. The van der Waals surface area contributed by atoms with Crippen molar-refractivity contribution in [2.75, 3.05) is 13.1 Å². The quantitative estimate of drug-likeness (QED) is 0.729. The van der Waals surface area contributed by atoms with E-state index in [1.165, 1.54) is 24.3 Å². The van der Waals surface area contributed by atoms with Gasteiger partial charge in [0.05, 0.1) is 0 Å². The highest BCUT2D eigenvalue weighted by atomic mass is 19.1. The Bertz CT molecular complexity index is 996. The molecule has 0 spiro atoms. The topological polar surface area (TPSA) is 78.5 Å². The number of aryl methyl sites for hydroxylation is 1. The van der Waals surface area contributed by atoms with Gasteiger partial charge in [-0.25, -0.2) is 4.39 Å². The first-order valence-electron chi connectivity index (χ1n) is 11.1. The van der Waals surface area contributed by atoms with E-state index in [-0.39, 0.29) is 23.8 Å². The average molecular weight is 438 g/mol. The normalized spacial score (nSPS) is 17.5. The van der Waals surface area contributed by atoms with Gasteiger partial charge in [-0.05, 0) is 74.4 Å². The second-order valence-electron chi connectivity index (χ2n) is 8.69. The Balaban J connectivity index is 1.43. The highest BCUT2D eigenvalue weighted by Gasteiger charge is 2.36. The molecular weight excluding hydrogens is 409 g/mol. The lowest BCUT2D eigenvalue weighted by Gasteiger charge is -2.36. The molecule has 1 saturated heterocycles. The maximum Gasteiger partial charge on any atom is 0.254 e. The minimum atomic E-state index is -0.691. The molecule has 1 heterocycles. The molecule has 0 bridgehead atoms. The fraction of sp³-hybridized carbons (Fsp3) is 0.400. The van der Waals surface area contributed by atoms with Crippen molar-refractivity contribution in [3.63, 3.8) is 0 Å². The summed E-state index contributed by atoms with van der Waals surface area (Å²) in [5.41, 5.74) is 1.94. The Morgan fingerprint density at radius 3 is 2.25 bits per heavy atom. The number of halogens is 1. The van der Waals surface area contributed by atoms with Crippen molar-refractivity contribution >= 4 is 17.7 Å². The predicted octanol–water partition coefficient (Wildman–Crippen LogP) is 3.06. The molecule has 2 aliphatic rings. The van der Waals surface area contributed by atoms with E-state index in [2.05, 4.69) is 10.6 Å². The van der Waals surface area contributed by atoms with Crippen LogP contribution in [0.25, 0.3) is 0 Å². The van der Waals surface area contributed by atoms with E-state index >= 15 is 0 Å². The molecule has 32 heavy (non-hydrogen) atoms. The summed E-state index contributed by atoms with van der Waals surface area (Å²) in [5.74, 6) is -1.10. The first-order valence-corrected chi connectivity index (χ1v) is 11.1. The number of nitrogens with one attached hydrogen (secondary N) is 2.